The first-order valence-electron chi connectivity index (χ1n) is 5.51. The van der Waals surface area contributed by atoms with Crippen LogP contribution in [-0.2, 0) is 10.0 Å². The number of nitrogens with zero attached hydrogens (tertiary/aromatic N) is 1. The summed E-state index contributed by atoms with van der Waals surface area (Å²) in [5.74, 6) is -2.92. The third kappa shape index (κ3) is 3.14. The fourth-order valence-corrected chi connectivity index (χ4v) is 2.73. The van der Waals surface area contributed by atoms with Crippen molar-refractivity contribution in [2.24, 2.45) is 0 Å². The fraction of sp³-hybridized carbons (Fsp3) is 0. The molecule has 0 atom stereocenters. The van der Waals surface area contributed by atoms with Gasteiger partial charge in [-0.25, -0.2) is 21.6 Å². The van der Waals surface area contributed by atoms with Crippen molar-refractivity contribution in [2.45, 2.75) is 4.90 Å². The molecule has 0 aliphatic heterocycles. The van der Waals surface area contributed by atoms with Gasteiger partial charge in [-0.2, -0.15) is 5.26 Å². The van der Waals surface area contributed by atoms with Crippen LogP contribution in [0.4, 0.5) is 18.9 Å². The van der Waals surface area contributed by atoms with Crippen molar-refractivity contribution < 1.29 is 21.6 Å². The monoisotopic (exact) mass is 312 g/mol. The maximum Gasteiger partial charge on any atom is 0.264 e. The van der Waals surface area contributed by atoms with Crippen LogP contribution in [0.2, 0.25) is 0 Å². The molecule has 0 radical (unpaired) electrons. The quantitative estimate of drug-likeness (QED) is 0.947. The van der Waals surface area contributed by atoms with E-state index in [9.17, 15) is 21.6 Å². The Morgan fingerprint density at radius 3 is 2.24 bits per heavy atom. The average molecular weight is 312 g/mol. The smallest absolute Gasteiger partial charge is 0.264 e. The van der Waals surface area contributed by atoms with Gasteiger partial charge in [-0.05, 0) is 30.3 Å². The highest BCUT2D eigenvalue weighted by atomic mass is 32.2. The molecule has 0 aliphatic carbocycles. The van der Waals surface area contributed by atoms with E-state index < -0.39 is 32.4 Å². The summed E-state index contributed by atoms with van der Waals surface area (Å²) in [6.07, 6.45) is 0. The number of hydrogen-bond donors (Lipinski definition) is 1. The van der Waals surface area contributed by atoms with Gasteiger partial charge in [-0.15, -0.1) is 0 Å². The van der Waals surface area contributed by atoms with Gasteiger partial charge in [0.15, 0.2) is 0 Å². The molecule has 0 fully saturated rings. The summed E-state index contributed by atoms with van der Waals surface area (Å²) < 4.78 is 65.2. The average Bonchev–Trinajstić information content (AvgIpc) is 2.40. The van der Waals surface area contributed by atoms with E-state index in [1.807, 2.05) is 4.72 Å². The number of nitrogens with one attached hydrogen (secondary N) is 1. The standard InChI is InChI=1S/C13H7F3N2O2S/c14-9-1-3-12(8(5-9)7-17)18-21(19,20)13-4-2-10(15)6-11(13)16/h1-6,18H. The number of halogens is 3. The number of benzene rings is 2. The molecule has 0 bridgehead atoms. The number of sulfonamides is 1. The molecular formula is C13H7F3N2O2S. The lowest BCUT2D eigenvalue weighted by molar-refractivity contribution is 0.551. The first kappa shape index (κ1) is 14.9. The van der Waals surface area contributed by atoms with Gasteiger partial charge >= 0.3 is 0 Å². The number of nitriles is 1. The molecule has 4 nitrogen and oxygen atoms in total. The van der Waals surface area contributed by atoms with E-state index in [2.05, 4.69) is 0 Å². The predicted octanol–water partition coefficient (Wildman–Crippen LogP) is 2.78. The molecule has 2 rings (SSSR count). The minimum atomic E-state index is -4.37. The van der Waals surface area contributed by atoms with E-state index in [0.29, 0.717) is 6.07 Å². The molecule has 2 aromatic rings. The Bertz CT molecular complexity index is 845. The third-order valence-electron chi connectivity index (χ3n) is 2.53. The molecule has 0 saturated heterocycles. The van der Waals surface area contributed by atoms with Gasteiger partial charge in [0.25, 0.3) is 10.0 Å². The van der Waals surface area contributed by atoms with Gasteiger partial charge in [-0.3, -0.25) is 4.72 Å². The van der Waals surface area contributed by atoms with Crippen LogP contribution >= 0.6 is 0 Å². The zero-order valence-corrected chi connectivity index (χ0v) is 11.1. The van der Waals surface area contributed by atoms with E-state index in [-0.39, 0.29) is 11.3 Å². The normalized spacial score (nSPS) is 11.0. The molecule has 0 amide bonds. The van der Waals surface area contributed by atoms with Gasteiger partial charge in [-0.1, -0.05) is 0 Å². The van der Waals surface area contributed by atoms with Crippen molar-refractivity contribution in [1.29, 1.82) is 5.26 Å². The maximum absolute atomic E-state index is 13.5. The van der Waals surface area contributed by atoms with E-state index in [4.69, 9.17) is 5.26 Å². The SMILES string of the molecule is N#Cc1cc(F)ccc1NS(=O)(=O)c1ccc(F)cc1F. The highest BCUT2D eigenvalue weighted by Crippen LogP contribution is 2.22. The minimum Gasteiger partial charge on any atom is -0.278 e. The fourth-order valence-electron chi connectivity index (χ4n) is 1.59. The van der Waals surface area contributed by atoms with Crippen molar-refractivity contribution in [2.75, 3.05) is 4.72 Å². The van der Waals surface area contributed by atoms with Crippen LogP contribution in [0.3, 0.4) is 0 Å². The second-order valence-electron chi connectivity index (χ2n) is 3.98. The van der Waals surface area contributed by atoms with Crippen molar-refractivity contribution >= 4 is 15.7 Å². The lowest BCUT2D eigenvalue weighted by atomic mass is 10.2. The number of hydrogen-bond acceptors (Lipinski definition) is 3. The summed E-state index contributed by atoms with van der Waals surface area (Å²) in [7, 11) is -4.37. The second-order valence-corrected chi connectivity index (χ2v) is 5.63. The topological polar surface area (TPSA) is 70.0 Å². The summed E-state index contributed by atoms with van der Waals surface area (Å²) >= 11 is 0. The van der Waals surface area contributed by atoms with Gasteiger partial charge in [0.05, 0.1) is 11.3 Å². The summed E-state index contributed by atoms with van der Waals surface area (Å²) in [5, 5.41) is 8.83. The molecule has 0 aromatic heterocycles. The highest BCUT2D eigenvalue weighted by molar-refractivity contribution is 7.92. The molecule has 0 unspecified atom stereocenters. The molecular weight excluding hydrogens is 305 g/mol. The molecule has 0 aliphatic rings. The lowest BCUT2D eigenvalue weighted by Crippen LogP contribution is -2.15. The van der Waals surface area contributed by atoms with Gasteiger partial charge in [0.1, 0.15) is 28.4 Å². The largest absolute Gasteiger partial charge is 0.278 e. The van der Waals surface area contributed by atoms with E-state index in [0.717, 1.165) is 30.3 Å². The van der Waals surface area contributed by atoms with Crippen molar-refractivity contribution in [3.05, 3.63) is 59.4 Å². The van der Waals surface area contributed by atoms with E-state index in [1.54, 1.807) is 6.07 Å². The Morgan fingerprint density at radius 1 is 1.00 bits per heavy atom. The molecule has 2 aromatic carbocycles. The first-order valence-corrected chi connectivity index (χ1v) is 6.99. The van der Waals surface area contributed by atoms with E-state index in [1.165, 1.54) is 0 Å². The van der Waals surface area contributed by atoms with Crippen LogP contribution in [-0.4, -0.2) is 8.42 Å². The Morgan fingerprint density at radius 2 is 1.62 bits per heavy atom. The molecule has 0 spiro atoms. The molecule has 0 heterocycles. The van der Waals surface area contributed by atoms with Crippen molar-refractivity contribution in [3.63, 3.8) is 0 Å². The summed E-state index contributed by atoms with van der Waals surface area (Å²) in [6.45, 7) is 0. The van der Waals surface area contributed by atoms with Gasteiger partial charge < -0.3 is 0 Å². The molecule has 1 N–H and O–H groups in total. The van der Waals surface area contributed by atoms with Crippen molar-refractivity contribution in [1.82, 2.24) is 0 Å². The number of rotatable bonds is 3. The summed E-state index contributed by atoms with van der Waals surface area (Å²) in [5.41, 5.74) is -0.469. The zero-order chi connectivity index (χ0) is 15.6. The lowest BCUT2D eigenvalue weighted by Gasteiger charge is -2.10. The summed E-state index contributed by atoms with van der Waals surface area (Å²) in [6, 6.07) is 6.38. The van der Waals surface area contributed by atoms with Crippen LogP contribution in [0.5, 0.6) is 0 Å². The van der Waals surface area contributed by atoms with Gasteiger partial charge in [0, 0.05) is 6.07 Å². The van der Waals surface area contributed by atoms with Crippen LogP contribution < -0.4 is 4.72 Å². The molecule has 8 heteroatoms. The molecule has 0 saturated carbocycles. The van der Waals surface area contributed by atoms with Crippen LogP contribution in [0.25, 0.3) is 0 Å². The van der Waals surface area contributed by atoms with Crippen LogP contribution in [0, 0.1) is 28.8 Å². The van der Waals surface area contributed by atoms with Crippen LogP contribution in [0.1, 0.15) is 5.56 Å². The first-order chi connectivity index (χ1) is 9.83. The Kier molecular flexibility index (Phi) is 3.86. The highest BCUT2D eigenvalue weighted by Gasteiger charge is 2.21. The second kappa shape index (κ2) is 5.46. The Balaban J connectivity index is 2.45. The zero-order valence-electron chi connectivity index (χ0n) is 10.3. The van der Waals surface area contributed by atoms with Crippen LogP contribution in [0.15, 0.2) is 41.3 Å². The minimum absolute atomic E-state index is 0.206. The Hall–Kier alpha value is -2.53. The van der Waals surface area contributed by atoms with Crippen molar-refractivity contribution in [3.8, 4) is 6.07 Å². The maximum atomic E-state index is 13.5. The third-order valence-corrected chi connectivity index (χ3v) is 3.93. The molecule has 21 heavy (non-hydrogen) atoms. The van der Waals surface area contributed by atoms with E-state index >= 15 is 0 Å². The number of anilines is 1. The molecule has 108 valence electrons. The summed E-state index contributed by atoms with van der Waals surface area (Å²) in [4.78, 5) is -0.780. The van der Waals surface area contributed by atoms with Gasteiger partial charge in [0.2, 0.25) is 0 Å². The predicted molar refractivity (Wildman–Crippen MR) is 68.3 cm³/mol. The Labute approximate surface area is 118 Å².